The molecule has 0 aromatic heterocycles. The van der Waals surface area contributed by atoms with Crippen LogP contribution >= 0.6 is 0 Å². The van der Waals surface area contributed by atoms with Gasteiger partial charge in [0.25, 0.3) is 0 Å². The number of benzene rings is 2. The summed E-state index contributed by atoms with van der Waals surface area (Å²) in [5, 5.41) is 15.6. The van der Waals surface area contributed by atoms with E-state index < -0.39 is 0 Å². The summed E-state index contributed by atoms with van der Waals surface area (Å²) >= 11 is 0. The van der Waals surface area contributed by atoms with E-state index >= 15 is 0 Å². The number of hydrogen-bond donors (Lipinski definition) is 3. The molecule has 3 nitrogen and oxygen atoms in total. The minimum Gasteiger partial charge on any atom is -0.351 e. The third-order valence-corrected chi connectivity index (χ3v) is 6.90. The van der Waals surface area contributed by atoms with Crippen LogP contribution < -0.4 is 10.6 Å². The van der Waals surface area contributed by atoms with Crippen molar-refractivity contribution in [2.75, 3.05) is 5.32 Å². The highest BCUT2D eigenvalue weighted by Gasteiger charge is 2.51. The fourth-order valence-corrected chi connectivity index (χ4v) is 6.20. The van der Waals surface area contributed by atoms with Crippen molar-refractivity contribution >= 4 is 23.8 Å². The molecule has 0 unspecified atom stereocenters. The summed E-state index contributed by atoms with van der Waals surface area (Å²) in [6.45, 7) is 0. The molecule has 4 aliphatic rings. The van der Waals surface area contributed by atoms with E-state index in [9.17, 15) is 0 Å². The molecule has 6 rings (SSSR count). The zero-order valence-corrected chi connectivity index (χ0v) is 16.3. The van der Waals surface area contributed by atoms with E-state index in [4.69, 9.17) is 5.41 Å². The van der Waals surface area contributed by atoms with Gasteiger partial charge in [-0.1, -0.05) is 60.7 Å². The summed E-state index contributed by atoms with van der Waals surface area (Å²) in [5.41, 5.74) is 3.42. The Kier molecular flexibility index (Phi) is 4.46. The van der Waals surface area contributed by atoms with Crippen LogP contribution in [-0.4, -0.2) is 11.5 Å². The molecule has 0 amide bonds. The minimum atomic E-state index is 0.160. The molecule has 2 aromatic rings. The van der Waals surface area contributed by atoms with Crippen molar-refractivity contribution in [3.63, 3.8) is 0 Å². The zero-order chi connectivity index (χ0) is 19.0. The molecule has 3 heteroatoms. The van der Waals surface area contributed by atoms with Crippen molar-refractivity contribution in [1.29, 1.82) is 5.41 Å². The van der Waals surface area contributed by atoms with Gasteiger partial charge in [0.15, 0.2) is 5.96 Å². The fraction of sp³-hybridized carbons (Fsp3) is 0.400. The molecule has 4 fully saturated rings. The molecule has 0 aliphatic heterocycles. The lowest BCUT2D eigenvalue weighted by atomic mass is 9.53. The highest BCUT2D eigenvalue weighted by atomic mass is 15.2. The van der Waals surface area contributed by atoms with Gasteiger partial charge in [0.1, 0.15) is 0 Å². The molecule has 4 bridgehead atoms. The van der Waals surface area contributed by atoms with E-state index in [-0.39, 0.29) is 5.54 Å². The molecule has 28 heavy (non-hydrogen) atoms. The summed E-state index contributed by atoms with van der Waals surface area (Å²) in [5.74, 6) is 3.09. The second-order valence-corrected chi connectivity index (χ2v) is 9.15. The van der Waals surface area contributed by atoms with Gasteiger partial charge in [0.2, 0.25) is 0 Å². The first-order chi connectivity index (χ1) is 13.7. The topological polar surface area (TPSA) is 47.9 Å². The van der Waals surface area contributed by atoms with Crippen LogP contribution in [0, 0.1) is 23.2 Å². The first-order valence-electron chi connectivity index (χ1n) is 10.6. The summed E-state index contributed by atoms with van der Waals surface area (Å²) in [6.07, 6.45) is 12.3. The first-order valence-corrected chi connectivity index (χ1v) is 10.6. The Morgan fingerprint density at radius 1 is 0.821 bits per heavy atom. The highest BCUT2D eigenvalue weighted by molar-refractivity contribution is 5.94. The molecule has 144 valence electrons. The largest absolute Gasteiger partial charge is 0.351 e. The summed E-state index contributed by atoms with van der Waals surface area (Å²) in [6, 6.07) is 18.6. The van der Waals surface area contributed by atoms with Gasteiger partial charge in [0, 0.05) is 11.2 Å². The van der Waals surface area contributed by atoms with Crippen molar-refractivity contribution in [2.45, 2.75) is 44.1 Å². The lowest BCUT2D eigenvalue weighted by Gasteiger charge is -2.57. The van der Waals surface area contributed by atoms with Crippen LogP contribution in [0.3, 0.4) is 0 Å². The molecule has 4 saturated carbocycles. The van der Waals surface area contributed by atoms with Crippen molar-refractivity contribution in [2.24, 2.45) is 17.8 Å². The van der Waals surface area contributed by atoms with Gasteiger partial charge in [-0.25, -0.2) is 0 Å². The second-order valence-electron chi connectivity index (χ2n) is 9.15. The Balaban J connectivity index is 1.29. The van der Waals surface area contributed by atoms with Gasteiger partial charge < -0.3 is 10.6 Å². The summed E-state index contributed by atoms with van der Waals surface area (Å²) in [7, 11) is 0. The van der Waals surface area contributed by atoms with Gasteiger partial charge in [-0.3, -0.25) is 5.41 Å². The second kappa shape index (κ2) is 7.12. The third kappa shape index (κ3) is 3.58. The van der Waals surface area contributed by atoms with Crippen LogP contribution in [0.15, 0.2) is 54.6 Å². The monoisotopic (exact) mass is 371 g/mol. The van der Waals surface area contributed by atoms with Gasteiger partial charge in [-0.05, 0) is 73.5 Å². The Morgan fingerprint density at radius 3 is 2.11 bits per heavy atom. The van der Waals surface area contributed by atoms with Crippen LogP contribution in [0.2, 0.25) is 0 Å². The number of nitrogens with one attached hydrogen (secondary N) is 3. The van der Waals surface area contributed by atoms with E-state index in [1.165, 1.54) is 44.1 Å². The quantitative estimate of drug-likeness (QED) is 0.363. The third-order valence-electron chi connectivity index (χ3n) is 6.90. The van der Waals surface area contributed by atoms with Crippen LogP contribution in [0.5, 0.6) is 0 Å². The number of hydrogen-bond acceptors (Lipinski definition) is 1. The lowest BCUT2D eigenvalue weighted by molar-refractivity contribution is -0.0101. The number of para-hydroxylation sites is 1. The van der Waals surface area contributed by atoms with Gasteiger partial charge in [-0.15, -0.1) is 0 Å². The van der Waals surface area contributed by atoms with E-state index in [2.05, 4.69) is 59.2 Å². The Hall–Kier alpha value is -2.55. The highest BCUT2D eigenvalue weighted by Crippen LogP contribution is 2.55. The summed E-state index contributed by atoms with van der Waals surface area (Å²) in [4.78, 5) is 0. The molecule has 0 spiro atoms. The molecule has 2 aromatic carbocycles. The van der Waals surface area contributed by atoms with Gasteiger partial charge in [-0.2, -0.15) is 0 Å². The zero-order valence-electron chi connectivity index (χ0n) is 16.3. The Bertz CT molecular complexity index is 848. The van der Waals surface area contributed by atoms with E-state index in [1.807, 2.05) is 18.2 Å². The van der Waals surface area contributed by atoms with Gasteiger partial charge in [0.05, 0.1) is 0 Å². The Morgan fingerprint density at radius 2 is 1.43 bits per heavy atom. The molecule has 0 saturated heterocycles. The molecule has 0 atom stereocenters. The maximum Gasteiger partial charge on any atom is 0.193 e. The smallest absolute Gasteiger partial charge is 0.193 e. The van der Waals surface area contributed by atoms with Crippen LogP contribution in [-0.2, 0) is 0 Å². The molecule has 4 aliphatic carbocycles. The SMILES string of the molecule is N=C(Nc1ccccc1/C=C/c1ccccc1)NC12CC3CC(CC(C3)C1)C2. The van der Waals surface area contributed by atoms with Crippen molar-refractivity contribution < 1.29 is 0 Å². The molecule has 3 N–H and O–H groups in total. The summed E-state index contributed by atoms with van der Waals surface area (Å²) < 4.78 is 0. The lowest BCUT2D eigenvalue weighted by Crippen LogP contribution is -2.60. The molecule has 0 radical (unpaired) electrons. The number of anilines is 1. The number of rotatable bonds is 4. The standard InChI is InChI=1S/C25H29N3/c26-24(28-25-15-19-12-20(16-25)14-21(13-19)17-25)27-23-9-5-4-8-22(23)11-10-18-6-2-1-3-7-18/h1-11,19-21H,12-17H2,(H3,26,27,28)/b11-10+. The predicted molar refractivity (Wildman–Crippen MR) is 117 cm³/mol. The fourth-order valence-electron chi connectivity index (χ4n) is 6.20. The van der Waals surface area contributed by atoms with Crippen molar-refractivity contribution in [1.82, 2.24) is 5.32 Å². The average molecular weight is 372 g/mol. The predicted octanol–water partition coefficient (Wildman–Crippen LogP) is 5.76. The maximum atomic E-state index is 8.61. The Labute approximate surface area is 167 Å². The van der Waals surface area contributed by atoms with E-state index in [1.54, 1.807) is 0 Å². The molecular weight excluding hydrogens is 342 g/mol. The van der Waals surface area contributed by atoms with E-state index in [0.717, 1.165) is 29.0 Å². The van der Waals surface area contributed by atoms with Gasteiger partial charge >= 0.3 is 0 Å². The van der Waals surface area contributed by atoms with Crippen LogP contribution in [0.1, 0.15) is 49.7 Å². The molecular formula is C25H29N3. The van der Waals surface area contributed by atoms with Crippen molar-refractivity contribution in [3.8, 4) is 0 Å². The van der Waals surface area contributed by atoms with E-state index in [0.29, 0.717) is 5.96 Å². The molecule has 0 heterocycles. The first kappa shape index (κ1) is 17.5. The normalized spacial score (nSPS) is 30.5. The van der Waals surface area contributed by atoms with Crippen LogP contribution in [0.25, 0.3) is 12.2 Å². The maximum absolute atomic E-state index is 8.61. The minimum absolute atomic E-state index is 0.160. The van der Waals surface area contributed by atoms with Crippen LogP contribution in [0.4, 0.5) is 5.69 Å². The average Bonchev–Trinajstić information content (AvgIpc) is 2.66. The van der Waals surface area contributed by atoms with Crippen molar-refractivity contribution in [3.05, 3.63) is 65.7 Å². The number of guanidine groups is 1.